The Bertz CT molecular complexity index is 381. The van der Waals surface area contributed by atoms with Gasteiger partial charge in [0, 0.05) is 12.5 Å². The molecule has 0 saturated carbocycles. The number of hydrogen-bond donors (Lipinski definition) is 1. The molecule has 1 rings (SSSR count). The summed E-state index contributed by atoms with van der Waals surface area (Å²) in [6, 6.07) is 0. The van der Waals surface area contributed by atoms with E-state index in [1.54, 1.807) is 0 Å². The van der Waals surface area contributed by atoms with Crippen LogP contribution in [0.15, 0.2) is 36.0 Å². The van der Waals surface area contributed by atoms with Crippen LogP contribution in [0.25, 0.3) is 0 Å². The molecule has 1 amide bonds. The highest BCUT2D eigenvalue weighted by molar-refractivity contribution is 5.86. The standard InChI is InChI=1S/C10H9F4NO/c11-9(10(12,13)14)5-1-2-7(6-9)3-4-8(15)16/h1-5H,6H2,(H2,15,16). The zero-order valence-corrected chi connectivity index (χ0v) is 8.09. The molecule has 2 nitrogen and oxygen atoms in total. The van der Waals surface area contributed by atoms with E-state index >= 15 is 0 Å². The highest BCUT2D eigenvalue weighted by atomic mass is 19.4. The van der Waals surface area contributed by atoms with Gasteiger partial charge in [-0.25, -0.2) is 4.39 Å². The lowest BCUT2D eigenvalue weighted by Gasteiger charge is -2.27. The van der Waals surface area contributed by atoms with Crippen molar-refractivity contribution in [3.05, 3.63) is 36.0 Å². The molecule has 1 aliphatic carbocycles. The molecule has 1 aliphatic rings. The van der Waals surface area contributed by atoms with Crippen LogP contribution < -0.4 is 5.73 Å². The Labute approximate surface area is 89.1 Å². The molecule has 6 heteroatoms. The molecular formula is C10H9F4NO. The highest BCUT2D eigenvalue weighted by Gasteiger charge is 2.54. The third-order valence-corrected chi connectivity index (χ3v) is 2.07. The molecule has 0 aromatic heterocycles. The van der Waals surface area contributed by atoms with Crippen LogP contribution in [0.1, 0.15) is 6.42 Å². The Hall–Kier alpha value is -1.59. The first-order valence-corrected chi connectivity index (χ1v) is 4.36. The normalized spacial score (nSPS) is 25.9. The van der Waals surface area contributed by atoms with Gasteiger partial charge in [-0.05, 0) is 11.6 Å². The van der Waals surface area contributed by atoms with E-state index < -0.39 is 24.2 Å². The minimum absolute atomic E-state index is 0.0566. The fourth-order valence-electron chi connectivity index (χ4n) is 1.24. The van der Waals surface area contributed by atoms with Crippen LogP contribution in [0.3, 0.4) is 0 Å². The maximum absolute atomic E-state index is 13.5. The Kier molecular flexibility index (Phi) is 3.21. The van der Waals surface area contributed by atoms with Gasteiger partial charge in [-0.1, -0.05) is 18.2 Å². The Morgan fingerprint density at radius 1 is 1.50 bits per heavy atom. The van der Waals surface area contributed by atoms with Crippen LogP contribution >= 0.6 is 0 Å². The number of allylic oxidation sites excluding steroid dienone is 5. The summed E-state index contributed by atoms with van der Waals surface area (Å²) in [6.45, 7) is 0. The van der Waals surface area contributed by atoms with Gasteiger partial charge in [0.05, 0.1) is 0 Å². The first kappa shape index (κ1) is 12.5. The van der Waals surface area contributed by atoms with E-state index in [2.05, 4.69) is 0 Å². The molecule has 0 radical (unpaired) electrons. The molecule has 88 valence electrons. The Morgan fingerprint density at radius 3 is 2.62 bits per heavy atom. The summed E-state index contributed by atoms with van der Waals surface area (Å²) in [5.41, 5.74) is 1.46. The number of hydrogen-bond acceptors (Lipinski definition) is 1. The minimum atomic E-state index is -4.97. The lowest BCUT2D eigenvalue weighted by Crippen LogP contribution is -2.40. The number of carbonyl (C=O) groups excluding carboxylic acids is 1. The third-order valence-electron chi connectivity index (χ3n) is 2.07. The molecule has 16 heavy (non-hydrogen) atoms. The lowest BCUT2D eigenvalue weighted by molar-refractivity contribution is -0.211. The van der Waals surface area contributed by atoms with E-state index in [9.17, 15) is 22.4 Å². The molecule has 0 fully saturated rings. The van der Waals surface area contributed by atoms with Crippen LogP contribution in [0.5, 0.6) is 0 Å². The van der Waals surface area contributed by atoms with Crippen molar-refractivity contribution in [2.75, 3.05) is 0 Å². The minimum Gasteiger partial charge on any atom is -0.366 e. The summed E-state index contributed by atoms with van der Waals surface area (Å²) in [4.78, 5) is 10.4. The number of alkyl halides is 4. The number of nitrogens with two attached hydrogens (primary N) is 1. The quantitative estimate of drug-likeness (QED) is 0.578. The Balaban J connectivity index is 2.86. The van der Waals surface area contributed by atoms with Gasteiger partial charge in [0.25, 0.3) is 0 Å². The van der Waals surface area contributed by atoms with Gasteiger partial charge in [-0.3, -0.25) is 4.79 Å². The predicted octanol–water partition coefficient (Wildman–Crippen LogP) is 2.18. The number of amides is 1. The number of carbonyl (C=O) groups is 1. The molecule has 1 atom stereocenters. The summed E-state index contributed by atoms with van der Waals surface area (Å²) in [5.74, 6) is -0.799. The maximum atomic E-state index is 13.5. The van der Waals surface area contributed by atoms with Gasteiger partial charge in [0.2, 0.25) is 11.6 Å². The summed E-state index contributed by atoms with van der Waals surface area (Å²) in [6.07, 6.45) is -1.14. The zero-order valence-electron chi connectivity index (χ0n) is 8.09. The van der Waals surface area contributed by atoms with Crippen molar-refractivity contribution in [1.82, 2.24) is 0 Å². The number of rotatable bonds is 2. The van der Waals surface area contributed by atoms with Crippen molar-refractivity contribution in [3.8, 4) is 0 Å². The van der Waals surface area contributed by atoms with Gasteiger partial charge in [-0.2, -0.15) is 13.2 Å². The molecule has 0 spiro atoms. The molecule has 1 unspecified atom stereocenters. The molecule has 0 saturated heterocycles. The third kappa shape index (κ3) is 2.71. The second kappa shape index (κ2) is 4.11. The summed E-state index contributed by atoms with van der Waals surface area (Å²) in [7, 11) is 0. The average molecular weight is 235 g/mol. The second-order valence-corrected chi connectivity index (χ2v) is 3.37. The van der Waals surface area contributed by atoms with Gasteiger partial charge < -0.3 is 5.73 Å². The predicted molar refractivity (Wildman–Crippen MR) is 50.1 cm³/mol. The van der Waals surface area contributed by atoms with Crippen LogP contribution in [-0.4, -0.2) is 17.8 Å². The zero-order chi connectivity index (χ0) is 12.4. The summed E-state index contributed by atoms with van der Waals surface area (Å²) >= 11 is 0. The van der Waals surface area contributed by atoms with Gasteiger partial charge in [0.15, 0.2) is 0 Å². The molecule has 0 aromatic carbocycles. The van der Waals surface area contributed by atoms with E-state index in [1.807, 2.05) is 0 Å². The fourth-order valence-corrected chi connectivity index (χ4v) is 1.24. The molecular weight excluding hydrogens is 226 g/mol. The lowest BCUT2D eigenvalue weighted by atomic mass is 9.90. The second-order valence-electron chi connectivity index (χ2n) is 3.37. The van der Waals surface area contributed by atoms with Crippen molar-refractivity contribution in [3.63, 3.8) is 0 Å². The SMILES string of the molecule is NC(=O)C=CC1=CC=CC(F)(C(F)(F)F)C1. The molecule has 0 aliphatic heterocycles. The van der Waals surface area contributed by atoms with Crippen molar-refractivity contribution in [2.24, 2.45) is 5.73 Å². The smallest absolute Gasteiger partial charge is 0.366 e. The van der Waals surface area contributed by atoms with E-state index in [-0.39, 0.29) is 5.57 Å². The number of halogens is 4. The van der Waals surface area contributed by atoms with Crippen LogP contribution in [0, 0.1) is 0 Å². The highest BCUT2D eigenvalue weighted by Crippen LogP contribution is 2.41. The molecule has 0 heterocycles. The first-order valence-electron chi connectivity index (χ1n) is 4.36. The monoisotopic (exact) mass is 235 g/mol. The van der Waals surface area contributed by atoms with E-state index in [0.29, 0.717) is 6.08 Å². The molecule has 2 N–H and O–H groups in total. The number of primary amides is 1. The summed E-state index contributed by atoms with van der Waals surface area (Å²) < 4.78 is 50.4. The van der Waals surface area contributed by atoms with Crippen molar-refractivity contribution >= 4 is 5.91 Å². The maximum Gasteiger partial charge on any atom is 0.426 e. The van der Waals surface area contributed by atoms with Gasteiger partial charge in [-0.15, -0.1) is 0 Å². The largest absolute Gasteiger partial charge is 0.426 e. The van der Waals surface area contributed by atoms with Gasteiger partial charge in [0.1, 0.15) is 0 Å². The first-order chi connectivity index (χ1) is 7.24. The van der Waals surface area contributed by atoms with E-state index in [4.69, 9.17) is 5.73 Å². The summed E-state index contributed by atoms with van der Waals surface area (Å²) in [5, 5.41) is 0. The van der Waals surface area contributed by atoms with Crippen molar-refractivity contribution in [1.29, 1.82) is 0 Å². The van der Waals surface area contributed by atoms with Gasteiger partial charge >= 0.3 is 6.18 Å². The van der Waals surface area contributed by atoms with Crippen LogP contribution in [-0.2, 0) is 4.79 Å². The van der Waals surface area contributed by atoms with Crippen molar-refractivity contribution in [2.45, 2.75) is 18.3 Å². The molecule has 0 aromatic rings. The topological polar surface area (TPSA) is 43.1 Å². The van der Waals surface area contributed by atoms with Crippen LogP contribution in [0.4, 0.5) is 17.6 Å². The Morgan fingerprint density at radius 2 is 2.12 bits per heavy atom. The fraction of sp³-hybridized carbons (Fsp3) is 0.300. The van der Waals surface area contributed by atoms with E-state index in [0.717, 1.165) is 18.2 Å². The van der Waals surface area contributed by atoms with E-state index in [1.165, 1.54) is 6.08 Å². The van der Waals surface area contributed by atoms with Crippen molar-refractivity contribution < 1.29 is 22.4 Å². The molecule has 0 bridgehead atoms. The average Bonchev–Trinajstić information content (AvgIpc) is 2.13. The van der Waals surface area contributed by atoms with Crippen LogP contribution in [0.2, 0.25) is 0 Å².